The number of aromatic nitrogens is 2. The number of halogens is 1. The van der Waals surface area contributed by atoms with Gasteiger partial charge in [0, 0.05) is 30.4 Å². The van der Waals surface area contributed by atoms with Crippen molar-refractivity contribution in [2.75, 3.05) is 5.32 Å². The lowest BCUT2D eigenvalue weighted by atomic mass is 9.91. The first-order chi connectivity index (χ1) is 17.0. The molecule has 1 aliphatic carbocycles. The number of carbonyl (C=O) groups excluding carboxylic acids is 2. The van der Waals surface area contributed by atoms with E-state index in [9.17, 15) is 14.0 Å². The van der Waals surface area contributed by atoms with E-state index in [0.29, 0.717) is 29.1 Å². The topological polar surface area (TPSA) is 109 Å². The van der Waals surface area contributed by atoms with Crippen molar-refractivity contribution in [3.05, 3.63) is 71.0 Å². The summed E-state index contributed by atoms with van der Waals surface area (Å²) in [4.78, 5) is 32.2. The minimum atomic E-state index is -0.406. The number of hydrogen-bond acceptors (Lipinski definition) is 8. The van der Waals surface area contributed by atoms with E-state index in [1.807, 2.05) is 12.1 Å². The molecule has 35 heavy (non-hydrogen) atoms. The number of amides is 2. The van der Waals surface area contributed by atoms with Crippen LogP contribution in [0.2, 0.25) is 0 Å². The molecule has 10 heteroatoms. The van der Waals surface area contributed by atoms with Gasteiger partial charge in [-0.15, -0.1) is 0 Å². The highest BCUT2D eigenvalue weighted by molar-refractivity contribution is 8.18. The summed E-state index contributed by atoms with van der Waals surface area (Å²) in [5.74, 6) is -0.171. The highest BCUT2D eigenvalue weighted by Crippen LogP contribution is 2.27. The Labute approximate surface area is 205 Å². The number of imide groups is 1. The molecule has 8 nitrogen and oxygen atoms in total. The van der Waals surface area contributed by atoms with E-state index in [2.05, 4.69) is 25.9 Å². The van der Waals surface area contributed by atoms with Crippen LogP contribution < -0.4 is 16.0 Å². The Morgan fingerprint density at radius 3 is 2.71 bits per heavy atom. The van der Waals surface area contributed by atoms with Crippen molar-refractivity contribution in [2.24, 2.45) is 0 Å². The zero-order chi connectivity index (χ0) is 24.2. The van der Waals surface area contributed by atoms with E-state index < -0.39 is 5.91 Å². The fourth-order valence-electron chi connectivity index (χ4n) is 4.35. The summed E-state index contributed by atoms with van der Waals surface area (Å²) in [6.07, 6.45) is 10.3. The molecule has 1 saturated heterocycles. The first-order valence-electron chi connectivity index (χ1n) is 11.4. The van der Waals surface area contributed by atoms with E-state index in [4.69, 9.17) is 4.42 Å². The van der Waals surface area contributed by atoms with Crippen molar-refractivity contribution in [2.45, 2.75) is 44.3 Å². The molecular weight excluding hydrogens is 469 g/mol. The second-order valence-corrected chi connectivity index (χ2v) is 9.56. The first kappa shape index (κ1) is 23.3. The lowest BCUT2D eigenvalue weighted by Gasteiger charge is -2.30. The molecule has 2 aromatic heterocycles. The van der Waals surface area contributed by atoms with Gasteiger partial charge >= 0.3 is 0 Å². The summed E-state index contributed by atoms with van der Waals surface area (Å²) in [7, 11) is 0. The van der Waals surface area contributed by atoms with Gasteiger partial charge in [-0.1, -0.05) is 6.07 Å². The lowest BCUT2D eigenvalue weighted by Crippen LogP contribution is -2.37. The van der Waals surface area contributed by atoms with Gasteiger partial charge in [0.25, 0.3) is 11.1 Å². The fraction of sp³-hybridized carbons (Fsp3) is 0.280. The SMILES string of the molecule is O=C1NC(=O)C(=Cc2ccnc(N[C@H]3CC[C@H](NCc4ccc(F)cc4-c4ccoc4)CC3)n2)S1. The number of hydrogen-bond donors (Lipinski definition) is 3. The standard InChI is InChI=1S/C25H24FN5O3S/c26-17-2-1-15(21(11-17)16-8-10-34-14-16)13-28-18-3-5-19(6-4-18)29-24-27-9-7-20(30-24)12-22-23(32)31-25(33)35-22/h1-2,7-12,14,18-19,28H,3-6,13H2,(H,27,29,30)(H,31,32,33)/t18-,19-. The molecule has 1 aliphatic heterocycles. The van der Waals surface area contributed by atoms with Crippen LogP contribution in [-0.2, 0) is 11.3 Å². The van der Waals surface area contributed by atoms with Gasteiger partial charge in [-0.25, -0.2) is 14.4 Å². The van der Waals surface area contributed by atoms with Gasteiger partial charge < -0.3 is 15.1 Å². The molecule has 0 spiro atoms. The Morgan fingerprint density at radius 2 is 1.97 bits per heavy atom. The molecule has 5 rings (SSSR count). The van der Waals surface area contributed by atoms with E-state index in [-0.39, 0.29) is 17.1 Å². The number of rotatable bonds is 7. The predicted octanol–water partition coefficient (Wildman–Crippen LogP) is 4.71. The minimum absolute atomic E-state index is 0.244. The molecule has 1 saturated carbocycles. The third-order valence-electron chi connectivity index (χ3n) is 6.14. The average Bonchev–Trinajstić information content (AvgIpc) is 3.49. The Balaban J connectivity index is 1.14. The van der Waals surface area contributed by atoms with Crippen LogP contribution in [0.5, 0.6) is 0 Å². The summed E-state index contributed by atoms with van der Waals surface area (Å²) in [5.41, 5.74) is 3.30. The zero-order valence-electron chi connectivity index (χ0n) is 18.8. The number of nitrogens with zero attached hydrogens (tertiary/aromatic N) is 2. The summed E-state index contributed by atoms with van der Waals surface area (Å²) >= 11 is 0.864. The number of anilines is 1. The largest absolute Gasteiger partial charge is 0.472 e. The van der Waals surface area contributed by atoms with Gasteiger partial charge in [-0.05, 0) is 78.9 Å². The molecule has 3 N–H and O–H groups in total. The number of carbonyl (C=O) groups is 2. The summed E-state index contributed by atoms with van der Waals surface area (Å²) in [6, 6.07) is 8.99. The Kier molecular flexibility index (Phi) is 6.91. The maximum Gasteiger partial charge on any atom is 0.290 e. The van der Waals surface area contributed by atoms with Crippen LogP contribution in [0, 0.1) is 5.82 Å². The number of thioether (sulfide) groups is 1. The predicted molar refractivity (Wildman–Crippen MR) is 132 cm³/mol. The van der Waals surface area contributed by atoms with Crippen molar-refractivity contribution in [1.82, 2.24) is 20.6 Å². The Morgan fingerprint density at radius 1 is 1.14 bits per heavy atom. The van der Waals surface area contributed by atoms with Crippen molar-refractivity contribution in [3.8, 4) is 11.1 Å². The molecule has 180 valence electrons. The molecule has 3 heterocycles. The fourth-order valence-corrected chi connectivity index (χ4v) is 5.01. The number of furan rings is 1. The van der Waals surface area contributed by atoms with Crippen LogP contribution in [0.4, 0.5) is 15.1 Å². The average molecular weight is 494 g/mol. The van der Waals surface area contributed by atoms with Gasteiger partial charge in [-0.3, -0.25) is 14.9 Å². The first-order valence-corrected chi connectivity index (χ1v) is 12.2. The third kappa shape index (κ3) is 5.77. The van der Waals surface area contributed by atoms with E-state index in [1.165, 1.54) is 6.07 Å². The molecule has 0 unspecified atom stereocenters. The maximum atomic E-state index is 13.8. The number of nitrogens with one attached hydrogen (secondary N) is 3. The van der Waals surface area contributed by atoms with E-state index in [0.717, 1.165) is 54.1 Å². The summed E-state index contributed by atoms with van der Waals surface area (Å²) in [5, 5.41) is 8.86. The lowest BCUT2D eigenvalue weighted by molar-refractivity contribution is -0.115. The quantitative estimate of drug-likeness (QED) is 0.406. The van der Waals surface area contributed by atoms with E-state index >= 15 is 0 Å². The molecule has 0 atom stereocenters. The highest BCUT2D eigenvalue weighted by Gasteiger charge is 2.25. The van der Waals surface area contributed by atoms with Crippen LogP contribution in [0.1, 0.15) is 36.9 Å². The van der Waals surface area contributed by atoms with Gasteiger partial charge in [0.05, 0.1) is 23.1 Å². The smallest absolute Gasteiger partial charge is 0.290 e. The van der Waals surface area contributed by atoms with Crippen LogP contribution in [0.15, 0.2) is 58.4 Å². The van der Waals surface area contributed by atoms with Crippen LogP contribution in [0.3, 0.4) is 0 Å². The molecule has 3 aromatic rings. The van der Waals surface area contributed by atoms with Crippen molar-refractivity contribution < 1.29 is 18.4 Å². The monoisotopic (exact) mass is 493 g/mol. The number of benzene rings is 1. The second-order valence-electron chi connectivity index (χ2n) is 8.54. The van der Waals surface area contributed by atoms with E-state index in [1.54, 1.807) is 36.9 Å². The zero-order valence-corrected chi connectivity index (χ0v) is 19.6. The molecule has 2 fully saturated rings. The maximum absolute atomic E-state index is 13.8. The van der Waals surface area contributed by atoms with Crippen molar-refractivity contribution in [3.63, 3.8) is 0 Å². The summed E-state index contributed by atoms with van der Waals surface area (Å²) < 4.78 is 19.0. The van der Waals surface area contributed by atoms with Gasteiger partial charge in [0.1, 0.15) is 5.82 Å². The van der Waals surface area contributed by atoms with Crippen LogP contribution in [0.25, 0.3) is 17.2 Å². The third-order valence-corrected chi connectivity index (χ3v) is 6.95. The Hall–Kier alpha value is -3.50. The summed E-state index contributed by atoms with van der Waals surface area (Å²) in [6.45, 7) is 0.650. The van der Waals surface area contributed by atoms with Gasteiger partial charge in [0.2, 0.25) is 5.95 Å². The van der Waals surface area contributed by atoms with Crippen molar-refractivity contribution in [1.29, 1.82) is 0 Å². The highest BCUT2D eigenvalue weighted by atomic mass is 32.2. The molecule has 0 radical (unpaired) electrons. The van der Waals surface area contributed by atoms with Crippen LogP contribution >= 0.6 is 11.8 Å². The minimum Gasteiger partial charge on any atom is -0.472 e. The molecule has 2 aliphatic rings. The van der Waals surface area contributed by atoms with Gasteiger partial charge in [-0.2, -0.15) is 0 Å². The van der Waals surface area contributed by atoms with Crippen LogP contribution in [-0.4, -0.2) is 33.2 Å². The molecule has 1 aromatic carbocycles. The molecule has 2 amide bonds. The molecular formula is C25H24FN5O3S. The second kappa shape index (κ2) is 10.4. The van der Waals surface area contributed by atoms with Gasteiger partial charge in [0.15, 0.2) is 0 Å². The van der Waals surface area contributed by atoms with Crippen molar-refractivity contribution >= 4 is 34.9 Å². The molecule has 0 bridgehead atoms. The normalized spacial score (nSPS) is 21.3. The Bertz CT molecular complexity index is 1260.